The van der Waals surface area contributed by atoms with Crippen molar-refractivity contribution < 1.29 is 4.79 Å². The Morgan fingerprint density at radius 1 is 1.40 bits per heavy atom. The maximum atomic E-state index is 11.5. The van der Waals surface area contributed by atoms with Gasteiger partial charge in [0.25, 0.3) is 0 Å². The van der Waals surface area contributed by atoms with E-state index in [1.807, 2.05) is 0 Å². The van der Waals surface area contributed by atoms with E-state index in [1.165, 1.54) is 4.80 Å². The second kappa shape index (κ2) is 3.25. The van der Waals surface area contributed by atoms with Crippen LogP contribution < -0.4 is 0 Å². The molecule has 0 radical (unpaired) electrons. The molecule has 0 fully saturated rings. The number of ketones is 1. The first-order chi connectivity index (χ1) is 6.96. The highest BCUT2D eigenvalue weighted by Gasteiger charge is 2.29. The highest BCUT2D eigenvalue weighted by atomic mass is 16.1. The molecule has 0 bridgehead atoms. The highest BCUT2D eigenvalue weighted by Crippen LogP contribution is 2.36. The van der Waals surface area contributed by atoms with Crippen molar-refractivity contribution in [1.29, 1.82) is 0 Å². The Bertz CT molecular complexity index is 430. The Morgan fingerprint density at radius 3 is 2.67 bits per heavy atom. The number of carbonyl (C=O) groups excluding carboxylic acids is 1. The number of aryl methyl sites for hydroxylation is 1. The van der Waals surface area contributed by atoms with Gasteiger partial charge < -0.3 is 0 Å². The fourth-order valence-corrected chi connectivity index (χ4v) is 1.90. The first-order valence-corrected chi connectivity index (χ1v) is 4.94. The van der Waals surface area contributed by atoms with Crippen molar-refractivity contribution >= 4 is 11.4 Å². The molecule has 1 aromatic heterocycles. The van der Waals surface area contributed by atoms with Crippen LogP contribution in [0.1, 0.15) is 32.5 Å². The Hall–Kier alpha value is -1.52. The summed E-state index contributed by atoms with van der Waals surface area (Å²) in [6.45, 7) is 4.16. The molecule has 1 aromatic rings. The van der Waals surface area contributed by atoms with Gasteiger partial charge in [-0.2, -0.15) is 4.80 Å². The zero-order valence-corrected chi connectivity index (χ0v) is 9.19. The molecule has 0 saturated heterocycles. The van der Waals surface area contributed by atoms with E-state index in [0.717, 1.165) is 12.0 Å². The van der Waals surface area contributed by atoms with E-state index in [0.29, 0.717) is 12.2 Å². The van der Waals surface area contributed by atoms with E-state index >= 15 is 0 Å². The van der Waals surface area contributed by atoms with Crippen molar-refractivity contribution in [3.63, 3.8) is 0 Å². The fourth-order valence-electron chi connectivity index (χ4n) is 1.90. The summed E-state index contributed by atoms with van der Waals surface area (Å²) in [5, 5.41) is 11.8. The van der Waals surface area contributed by atoms with Crippen LogP contribution in [0.5, 0.6) is 0 Å². The molecule has 0 amide bonds. The summed E-state index contributed by atoms with van der Waals surface area (Å²) in [5.41, 5.74) is 0.893. The Balaban J connectivity index is 2.34. The van der Waals surface area contributed by atoms with Gasteiger partial charge in [0.2, 0.25) is 5.82 Å². The number of hydrogen-bond acceptors (Lipinski definition) is 4. The Morgan fingerprint density at radius 2 is 2.13 bits per heavy atom. The molecule has 0 aromatic carbocycles. The lowest BCUT2D eigenvalue weighted by molar-refractivity contribution is -0.116. The lowest BCUT2D eigenvalue weighted by Crippen LogP contribution is -2.21. The first-order valence-electron chi connectivity index (χ1n) is 4.94. The van der Waals surface area contributed by atoms with Gasteiger partial charge in [-0.3, -0.25) is 4.79 Å². The molecule has 0 spiro atoms. The molecule has 1 aliphatic rings. The first kappa shape index (κ1) is 10.0. The summed E-state index contributed by atoms with van der Waals surface area (Å²) in [6, 6.07) is 0. The van der Waals surface area contributed by atoms with Crippen LogP contribution in [0.15, 0.2) is 6.08 Å². The average molecular weight is 206 g/mol. The van der Waals surface area contributed by atoms with Crippen LogP contribution in [0.2, 0.25) is 0 Å². The normalized spacial score (nSPS) is 20.2. The van der Waals surface area contributed by atoms with Crippen molar-refractivity contribution in [1.82, 2.24) is 20.2 Å². The van der Waals surface area contributed by atoms with Crippen LogP contribution in [0.25, 0.3) is 5.57 Å². The lowest BCUT2D eigenvalue weighted by atomic mass is 9.76. The number of nitrogens with zero attached hydrogens (tertiary/aromatic N) is 4. The molecule has 0 saturated carbocycles. The minimum atomic E-state index is 0.000365. The molecule has 0 N–H and O–H groups in total. The summed E-state index contributed by atoms with van der Waals surface area (Å²) in [5.74, 6) is 0.715. The zero-order chi connectivity index (χ0) is 11.1. The summed E-state index contributed by atoms with van der Waals surface area (Å²) in [4.78, 5) is 12.9. The van der Waals surface area contributed by atoms with Crippen LogP contribution in [0.4, 0.5) is 0 Å². The third-order valence-corrected chi connectivity index (χ3v) is 2.45. The van der Waals surface area contributed by atoms with Crippen LogP contribution >= 0.6 is 0 Å². The summed E-state index contributed by atoms with van der Waals surface area (Å²) < 4.78 is 0. The van der Waals surface area contributed by atoms with Crippen molar-refractivity contribution in [2.75, 3.05) is 0 Å². The predicted octanol–water partition coefficient (Wildman–Crippen LogP) is 0.983. The SMILES string of the molecule is Cn1nnc(C2=CC(=O)CC(C)(C)C2)n1. The third kappa shape index (κ3) is 2.11. The molecule has 0 atom stereocenters. The van der Waals surface area contributed by atoms with Crippen molar-refractivity contribution in [3.05, 3.63) is 11.9 Å². The molecule has 5 nitrogen and oxygen atoms in total. The molecule has 15 heavy (non-hydrogen) atoms. The molecule has 1 heterocycles. The van der Waals surface area contributed by atoms with Gasteiger partial charge in [0.05, 0.1) is 7.05 Å². The van der Waals surface area contributed by atoms with Gasteiger partial charge in [0.1, 0.15) is 0 Å². The van der Waals surface area contributed by atoms with Crippen molar-refractivity contribution in [2.45, 2.75) is 26.7 Å². The minimum absolute atomic E-state index is 0.000365. The molecule has 80 valence electrons. The van der Waals surface area contributed by atoms with E-state index in [1.54, 1.807) is 13.1 Å². The van der Waals surface area contributed by atoms with Crippen LogP contribution in [-0.4, -0.2) is 26.0 Å². The number of allylic oxidation sites excluding steroid dienone is 2. The van der Waals surface area contributed by atoms with Gasteiger partial charge in [0, 0.05) is 12.0 Å². The van der Waals surface area contributed by atoms with Crippen LogP contribution in [0.3, 0.4) is 0 Å². The summed E-state index contributed by atoms with van der Waals surface area (Å²) in [6.07, 6.45) is 3.06. The highest BCUT2D eigenvalue weighted by molar-refractivity contribution is 5.98. The predicted molar refractivity (Wildman–Crippen MR) is 54.8 cm³/mol. The number of aromatic nitrogens is 4. The van der Waals surface area contributed by atoms with Crippen LogP contribution in [0, 0.1) is 5.41 Å². The Labute approximate surface area is 88.2 Å². The van der Waals surface area contributed by atoms with Crippen molar-refractivity contribution in [3.8, 4) is 0 Å². The number of hydrogen-bond donors (Lipinski definition) is 0. The molecule has 5 heteroatoms. The van der Waals surface area contributed by atoms with E-state index in [2.05, 4.69) is 29.3 Å². The van der Waals surface area contributed by atoms with Gasteiger partial charge in [-0.25, -0.2) is 0 Å². The molecule has 0 unspecified atom stereocenters. The van der Waals surface area contributed by atoms with E-state index < -0.39 is 0 Å². The summed E-state index contributed by atoms with van der Waals surface area (Å²) in [7, 11) is 1.72. The van der Waals surface area contributed by atoms with Gasteiger partial charge in [-0.05, 0) is 23.1 Å². The van der Waals surface area contributed by atoms with Gasteiger partial charge >= 0.3 is 0 Å². The lowest BCUT2D eigenvalue weighted by Gasteiger charge is -2.27. The average Bonchev–Trinajstić information content (AvgIpc) is 2.48. The number of carbonyl (C=O) groups is 1. The maximum absolute atomic E-state index is 11.5. The molecule has 0 aliphatic heterocycles. The third-order valence-electron chi connectivity index (χ3n) is 2.45. The standard InChI is InChI=1S/C10H14N4O/c1-10(2)5-7(4-8(15)6-10)9-11-13-14(3)12-9/h4H,5-6H2,1-3H3. The molecular weight excluding hydrogens is 192 g/mol. The smallest absolute Gasteiger partial charge is 0.201 e. The topological polar surface area (TPSA) is 60.7 Å². The van der Waals surface area contributed by atoms with Gasteiger partial charge in [-0.15, -0.1) is 10.2 Å². The zero-order valence-electron chi connectivity index (χ0n) is 9.19. The monoisotopic (exact) mass is 206 g/mol. The molecular formula is C10H14N4O. The van der Waals surface area contributed by atoms with E-state index in [9.17, 15) is 4.79 Å². The number of tetrazole rings is 1. The minimum Gasteiger partial charge on any atom is -0.295 e. The van der Waals surface area contributed by atoms with Crippen molar-refractivity contribution in [2.24, 2.45) is 12.5 Å². The second-order valence-corrected chi connectivity index (χ2v) is 4.76. The fraction of sp³-hybridized carbons (Fsp3) is 0.600. The van der Waals surface area contributed by atoms with E-state index in [-0.39, 0.29) is 11.2 Å². The summed E-state index contributed by atoms with van der Waals surface area (Å²) >= 11 is 0. The van der Waals surface area contributed by atoms with E-state index in [4.69, 9.17) is 0 Å². The second-order valence-electron chi connectivity index (χ2n) is 4.76. The molecule has 2 rings (SSSR count). The maximum Gasteiger partial charge on any atom is 0.201 e. The largest absolute Gasteiger partial charge is 0.295 e. The van der Waals surface area contributed by atoms with Gasteiger partial charge in [0.15, 0.2) is 5.78 Å². The van der Waals surface area contributed by atoms with Gasteiger partial charge in [-0.1, -0.05) is 13.8 Å². The molecule has 1 aliphatic carbocycles. The number of rotatable bonds is 1. The van der Waals surface area contributed by atoms with Crippen LogP contribution in [-0.2, 0) is 11.8 Å². The Kier molecular flexibility index (Phi) is 2.17. The quantitative estimate of drug-likeness (QED) is 0.687.